The summed E-state index contributed by atoms with van der Waals surface area (Å²) in [6, 6.07) is 24.5. The van der Waals surface area contributed by atoms with Gasteiger partial charge < -0.3 is 20.5 Å². The van der Waals surface area contributed by atoms with Crippen LogP contribution in [-0.2, 0) is 11.2 Å². The highest BCUT2D eigenvalue weighted by atomic mass is 16.2. The SMILES string of the molecule is CN(C)C/C=C/C(=O)Nc1ccc(C(=O)Nc2cccc(Cc3nccc(-c4c[nH]c5ccccc45)n3)c2)cc1. The van der Waals surface area contributed by atoms with Crippen molar-refractivity contribution in [2.24, 2.45) is 0 Å². The number of nitrogens with one attached hydrogen (secondary N) is 3. The van der Waals surface area contributed by atoms with E-state index in [-0.39, 0.29) is 11.8 Å². The fraction of sp³-hybridized carbons (Fsp3) is 0.125. The number of hydrogen-bond acceptors (Lipinski definition) is 5. The van der Waals surface area contributed by atoms with Crippen LogP contribution < -0.4 is 10.6 Å². The van der Waals surface area contributed by atoms with Crippen LogP contribution in [0.3, 0.4) is 0 Å². The topological polar surface area (TPSA) is 103 Å². The van der Waals surface area contributed by atoms with E-state index in [0.29, 0.717) is 35.7 Å². The number of aromatic nitrogens is 3. The number of fused-ring (bicyclic) bond motifs is 1. The number of nitrogens with zero attached hydrogens (tertiary/aromatic N) is 3. The molecule has 0 bridgehead atoms. The Bertz CT molecular complexity index is 1670. The maximum absolute atomic E-state index is 12.9. The van der Waals surface area contributed by atoms with Gasteiger partial charge in [0, 0.05) is 64.8 Å². The van der Waals surface area contributed by atoms with Crippen LogP contribution in [0.4, 0.5) is 11.4 Å². The van der Waals surface area contributed by atoms with Crippen molar-refractivity contribution in [3.8, 4) is 11.3 Å². The third kappa shape index (κ3) is 6.67. The fourth-order valence-corrected chi connectivity index (χ4v) is 4.32. The van der Waals surface area contributed by atoms with Gasteiger partial charge >= 0.3 is 0 Å². The van der Waals surface area contributed by atoms with E-state index in [1.807, 2.05) is 73.7 Å². The number of aromatic amines is 1. The number of likely N-dealkylation sites (N-methyl/N-ethyl adjacent to an activating group) is 1. The molecule has 2 aromatic heterocycles. The van der Waals surface area contributed by atoms with Crippen LogP contribution in [-0.4, -0.2) is 52.3 Å². The summed E-state index contributed by atoms with van der Waals surface area (Å²) in [5.41, 5.74) is 5.72. The van der Waals surface area contributed by atoms with E-state index >= 15 is 0 Å². The van der Waals surface area contributed by atoms with Gasteiger partial charge in [-0.2, -0.15) is 0 Å². The van der Waals surface area contributed by atoms with Crippen molar-refractivity contribution in [1.29, 1.82) is 0 Å². The number of rotatable bonds is 9. The molecule has 8 heteroatoms. The van der Waals surface area contributed by atoms with E-state index in [9.17, 15) is 9.59 Å². The molecule has 8 nitrogen and oxygen atoms in total. The Labute approximate surface area is 232 Å². The minimum absolute atomic E-state index is 0.216. The van der Waals surface area contributed by atoms with Crippen molar-refractivity contribution in [3.05, 3.63) is 120 Å². The molecule has 0 spiro atoms. The first-order valence-corrected chi connectivity index (χ1v) is 13.0. The van der Waals surface area contributed by atoms with Crippen molar-refractivity contribution in [1.82, 2.24) is 19.9 Å². The first kappa shape index (κ1) is 26.5. The highest BCUT2D eigenvalue weighted by Crippen LogP contribution is 2.27. The van der Waals surface area contributed by atoms with E-state index in [1.54, 1.807) is 36.5 Å². The fourth-order valence-electron chi connectivity index (χ4n) is 4.32. The summed E-state index contributed by atoms with van der Waals surface area (Å²) in [6.45, 7) is 0.679. The van der Waals surface area contributed by atoms with Gasteiger partial charge in [0.05, 0.1) is 5.69 Å². The minimum Gasteiger partial charge on any atom is -0.360 e. The second-order valence-corrected chi connectivity index (χ2v) is 9.67. The largest absolute Gasteiger partial charge is 0.360 e. The number of anilines is 2. The van der Waals surface area contributed by atoms with Crippen LogP contribution in [0.5, 0.6) is 0 Å². The molecule has 0 saturated heterocycles. The zero-order valence-electron chi connectivity index (χ0n) is 22.4. The first-order valence-electron chi connectivity index (χ1n) is 13.0. The van der Waals surface area contributed by atoms with Gasteiger partial charge in [0.25, 0.3) is 5.91 Å². The van der Waals surface area contributed by atoms with Crippen molar-refractivity contribution >= 4 is 34.1 Å². The van der Waals surface area contributed by atoms with E-state index in [4.69, 9.17) is 4.98 Å². The monoisotopic (exact) mass is 530 g/mol. The van der Waals surface area contributed by atoms with Crippen LogP contribution >= 0.6 is 0 Å². The Kier molecular flexibility index (Phi) is 8.08. The second kappa shape index (κ2) is 12.2. The third-order valence-electron chi connectivity index (χ3n) is 6.27. The molecule has 0 radical (unpaired) electrons. The molecule has 0 fully saturated rings. The molecule has 2 heterocycles. The lowest BCUT2D eigenvalue weighted by Gasteiger charge is -2.09. The molecule has 0 aliphatic heterocycles. The number of carbonyl (C=O) groups excluding carboxylic acids is 2. The molecule has 5 aromatic rings. The molecular formula is C32H30N6O2. The van der Waals surface area contributed by atoms with Gasteiger partial charge in [-0.25, -0.2) is 9.97 Å². The van der Waals surface area contributed by atoms with Crippen molar-refractivity contribution in [2.45, 2.75) is 6.42 Å². The molecule has 2 amide bonds. The smallest absolute Gasteiger partial charge is 0.255 e. The molecule has 3 aromatic carbocycles. The van der Waals surface area contributed by atoms with E-state index in [1.165, 1.54) is 6.08 Å². The summed E-state index contributed by atoms with van der Waals surface area (Å²) in [4.78, 5) is 39.4. The van der Waals surface area contributed by atoms with Crippen molar-refractivity contribution in [3.63, 3.8) is 0 Å². The number of benzene rings is 3. The van der Waals surface area contributed by atoms with Gasteiger partial charge in [-0.15, -0.1) is 0 Å². The molecule has 40 heavy (non-hydrogen) atoms. The maximum Gasteiger partial charge on any atom is 0.255 e. The average molecular weight is 531 g/mol. The van der Waals surface area contributed by atoms with Gasteiger partial charge in [0.2, 0.25) is 5.91 Å². The predicted octanol–water partition coefficient (Wildman–Crippen LogP) is 5.52. The summed E-state index contributed by atoms with van der Waals surface area (Å²) >= 11 is 0. The summed E-state index contributed by atoms with van der Waals surface area (Å²) < 4.78 is 0. The standard InChI is InChI=1S/C32H30N6O2/c1-38(2)18-6-11-31(39)35-24-14-12-23(13-15-24)32(40)36-25-8-5-7-22(19-25)20-30-33-17-16-29(37-30)27-21-34-28-10-4-3-9-26(27)28/h3-17,19,21,34H,18,20H2,1-2H3,(H,35,39)(H,36,40)/b11-6+. The van der Waals surface area contributed by atoms with Crippen LogP contribution in [0.15, 0.2) is 103 Å². The lowest BCUT2D eigenvalue weighted by atomic mass is 10.1. The Morgan fingerprint density at radius 2 is 1.75 bits per heavy atom. The number of H-pyrrole nitrogens is 1. The average Bonchev–Trinajstić information content (AvgIpc) is 3.38. The first-order chi connectivity index (χ1) is 19.4. The molecule has 0 unspecified atom stereocenters. The predicted molar refractivity (Wildman–Crippen MR) is 159 cm³/mol. The Morgan fingerprint density at radius 1 is 0.925 bits per heavy atom. The van der Waals surface area contributed by atoms with Crippen molar-refractivity contribution in [2.75, 3.05) is 31.3 Å². The van der Waals surface area contributed by atoms with E-state index < -0.39 is 0 Å². The zero-order valence-corrected chi connectivity index (χ0v) is 22.4. The maximum atomic E-state index is 12.9. The van der Waals surface area contributed by atoms with Gasteiger partial charge in [-0.3, -0.25) is 9.59 Å². The Morgan fingerprint density at radius 3 is 2.58 bits per heavy atom. The van der Waals surface area contributed by atoms with Crippen molar-refractivity contribution < 1.29 is 9.59 Å². The Hall–Kier alpha value is -5.08. The molecule has 3 N–H and O–H groups in total. The van der Waals surface area contributed by atoms with Gasteiger partial charge in [0.15, 0.2) is 0 Å². The molecule has 200 valence electrons. The van der Waals surface area contributed by atoms with Crippen LogP contribution in [0.2, 0.25) is 0 Å². The van der Waals surface area contributed by atoms with Crippen LogP contribution in [0.1, 0.15) is 21.7 Å². The lowest BCUT2D eigenvalue weighted by Crippen LogP contribution is -2.13. The second-order valence-electron chi connectivity index (χ2n) is 9.67. The zero-order chi connectivity index (χ0) is 27.9. The summed E-state index contributed by atoms with van der Waals surface area (Å²) in [6.07, 6.45) is 7.56. The highest BCUT2D eigenvalue weighted by Gasteiger charge is 2.10. The van der Waals surface area contributed by atoms with Gasteiger partial charge in [-0.05, 0) is 68.2 Å². The summed E-state index contributed by atoms with van der Waals surface area (Å²) in [7, 11) is 3.86. The number of para-hydroxylation sites is 1. The molecule has 0 saturated carbocycles. The van der Waals surface area contributed by atoms with Gasteiger partial charge in [0.1, 0.15) is 5.82 Å². The Balaban J connectivity index is 1.22. The number of hydrogen-bond donors (Lipinski definition) is 3. The quantitative estimate of drug-likeness (QED) is 0.218. The van der Waals surface area contributed by atoms with Gasteiger partial charge in [-0.1, -0.05) is 36.4 Å². The summed E-state index contributed by atoms with van der Waals surface area (Å²) in [5.74, 6) is 0.241. The molecular weight excluding hydrogens is 500 g/mol. The summed E-state index contributed by atoms with van der Waals surface area (Å²) in [5, 5.41) is 6.86. The normalized spacial score (nSPS) is 11.3. The molecule has 0 aliphatic rings. The number of carbonyl (C=O) groups is 2. The minimum atomic E-state index is -0.238. The van der Waals surface area contributed by atoms with E-state index in [0.717, 1.165) is 27.7 Å². The lowest BCUT2D eigenvalue weighted by molar-refractivity contribution is -0.111. The third-order valence-corrected chi connectivity index (χ3v) is 6.27. The van der Waals surface area contributed by atoms with Crippen LogP contribution in [0, 0.1) is 0 Å². The van der Waals surface area contributed by atoms with E-state index in [2.05, 4.69) is 26.7 Å². The molecule has 0 aliphatic carbocycles. The van der Waals surface area contributed by atoms with Crippen LogP contribution in [0.25, 0.3) is 22.2 Å². The number of amides is 2. The molecule has 5 rings (SSSR count). The molecule has 0 atom stereocenters. The highest BCUT2D eigenvalue weighted by molar-refractivity contribution is 6.05.